The molecule has 3 N–H and O–H groups in total. The largest absolute Gasteiger partial charge is 0.450 e. The number of carbonyl (C=O) groups excluding carboxylic acids is 3. The van der Waals surface area contributed by atoms with Gasteiger partial charge in [-0.25, -0.2) is 9.59 Å². The number of nitrogens with one attached hydrogen (secondary N) is 3. The van der Waals surface area contributed by atoms with Crippen LogP contribution in [0, 0.1) is 0 Å². The number of nitrogens with zero attached hydrogens (tertiary/aromatic N) is 2. The summed E-state index contributed by atoms with van der Waals surface area (Å²) in [4.78, 5) is 38.6. The molecule has 4 atom stereocenters. The average Bonchev–Trinajstić information content (AvgIpc) is 3.33. The van der Waals surface area contributed by atoms with Crippen molar-refractivity contribution in [2.24, 2.45) is 0 Å². The zero-order valence-corrected chi connectivity index (χ0v) is 22.0. The number of fused-ring (bicyclic) bond motifs is 5. The molecule has 182 valence electrons. The number of rotatable bonds is 8. The fourth-order valence-electron chi connectivity index (χ4n) is 4.87. The van der Waals surface area contributed by atoms with Gasteiger partial charge < -0.3 is 30.0 Å². The molecule has 4 amide bonds. The Balaban J connectivity index is 1.35. The standard InChI is InChI=1S/C21H32BrN5O5Si/c1-26-19(29)25-17-16-14(27-13(18(28)24-16)6-7-15(27)22)12-21(17,26)32-9-5-8-23-20(30)31-10-11-33(2,3)4/h6-7,14,16-17H,5,8-12H2,1-4H3,(H,23,30)(H,24,28)(H,25,29)/t14-,16-,17+,21+/m1/s1. The van der Waals surface area contributed by atoms with Crippen molar-refractivity contribution in [1.29, 1.82) is 0 Å². The van der Waals surface area contributed by atoms with Crippen LogP contribution in [-0.4, -0.2) is 80.2 Å². The lowest BCUT2D eigenvalue weighted by atomic mass is 10.0. The smallest absolute Gasteiger partial charge is 0.407 e. The average molecular weight is 543 g/mol. The number of amides is 4. The van der Waals surface area contributed by atoms with Crippen molar-refractivity contribution in [2.75, 3.05) is 26.8 Å². The highest BCUT2D eigenvalue weighted by Crippen LogP contribution is 2.48. The highest BCUT2D eigenvalue weighted by atomic mass is 79.9. The highest BCUT2D eigenvalue weighted by molar-refractivity contribution is 9.10. The lowest BCUT2D eigenvalue weighted by Crippen LogP contribution is -2.57. The zero-order valence-electron chi connectivity index (χ0n) is 19.4. The van der Waals surface area contributed by atoms with E-state index >= 15 is 0 Å². The Labute approximate surface area is 202 Å². The Morgan fingerprint density at radius 2 is 2.03 bits per heavy atom. The summed E-state index contributed by atoms with van der Waals surface area (Å²) in [5, 5.41) is 8.81. The summed E-state index contributed by atoms with van der Waals surface area (Å²) in [5.41, 5.74) is -0.299. The first-order chi connectivity index (χ1) is 15.5. The van der Waals surface area contributed by atoms with E-state index in [2.05, 4.69) is 51.5 Å². The SMILES string of the molecule is CN1C(=O)N[C@H]2[C@@H]3NC(=O)c4ccc(Br)n4[C@@H]3C[C@]21OCCCNC(=O)OCC[Si](C)(C)C. The molecule has 1 saturated heterocycles. The van der Waals surface area contributed by atoms with Crippen LogP contribution in [0.2, 0.25) is 25.7 Å². The second-order valence-corrected chi connectivity index (χ2v) is 16.5. The maximum Gasteiger partial charge on any atom is 0.407 e. The van der Waals surface area contributed by atoms with Gasteiger partial charge in [0.2, 0.25) is 0 Å². The van der Waals surface area contributed by atoms with E-state index in [1.165, 1.54) is 0 Å². The summed E-state index contributed by atoms with van der Waals surface area (Å²) in [5.74, 6) is -0.168. The molecular formula is C21H32BrN5O5Si. The highest BCUT2D eigenvalue weighted by Gasteiger charge is 2.65. The van der Waals surface area contributed by atoms with E-state index in [-0.39, 0.29) is 30.1 Å². The van der Waals surface area contributed by atoms with Crippen LogP contribution in [-0.2, 0) is 9.47 Å². The molecule has 3 heterocycles. The Hall–Kier alpha value is -2.05. The van der Waals surface area contributed by atoms with Crippen LogP contribution in [0.4, 0.5) is 9.59 Å². The van der Waals surface area contributed by atoms with Gasteiger partial charge in [-0.3, -0.25) is 9.69 Å². The number of hydrogen-bond acceptors (Lipinski definition) is 5. The topological polar surface area (TPSA) is 114 Å². The molecule has 2 fully saturated rings. The number of alkyl carbamates (subject to hydrolysis) is 1. The van der Waals surface area contributed by atoms with Crippen LogP contribution < -0.4 is 16.0 Å². The predicted molar refractivity (Wildman–Crippen MR) is 128 cm³/mol. The van der Waals surface area contributed by atoms with E-state index in [1.807, 2.05) is 10.6 Å². The van der Waals surface area contributed by atoms with E-state index in [1.54, 1.807) is 18.0 Å². The third-order valence-corrected chi connectivity index (χ3v) is 9.02. The predicted octanol–water partition coefficient (Wildman–Crippen LogP) is 2.50. The van der Waals surface area contributed by atoms with Crippen LogP contribution in [0.1, 0.15) is 29.4 Å². The molecule has 1 aliphatic carbocycles. The molecule has 0 aromatic carbocycles. The monoisotopic (exact) mass is 541 g/mol. The van der Waals surface area contributed by atoms with E-state index in [9.17, 15) is 14.4 Å². The van der Waals surface area contributed by atoms with Gasteiger partial charge in [0.1, 0.15) is 11.7 Å². The van der Waals surface area contributed by atoms with Crippen molar-refractivity contribution in [3.8, 4) is 0 Å². The van der Waals surface area contributed by atoms with Crippen molar-refractivity contribution in [3.05, 3.63) is 22.4 Å². The quantitative estimate of drug-likeness (QED) is 0.345. The van der Waals surface area contributed by atoms with Gasteiger partial charge in [-0.2, -0.15) is 0 Å². The fraction of sp³-hybridized carbons (Fsp3) is 0.667. The first kappa shape index (κ1) is 24.1. The molecule has 1 aromatic heterocycles. The van der Waals surface area contributed by atoms with Crippen LogP contribution in [0.15, 0.2) is 16.7 Å². The van der Waals surface area contributed by atoms with Crippen molar-refractivity contribution >= 4 is 42.0 Å². The van der Waals surface area contributed by atoms with Gasteiger partial charge in [-0.15, -0.1) is 0 Å². The van der Waals surface area contributed by atoms with Crippen molar-refractivity contribution in [2.45, 2.75) is 62.4 Å². The van der Waals surface area contributed by atoms with Crippen molar-refractivity contribution in [1.82, 2.24) is 25.4 Å². The van der Waals surface area contributed by atoms with Crippen LogP contribution in [0.25, 0.3) is 0 Å². The van der Waals surface area contributed by atoms with E-state index < -0.39 is 19.9 Å². The van der Waals surface area contributed by atoms with Crippen LogP contribution in [0.3, 0.4) is 0 Å². The minimum Gasteiger partial charge on any atom is -0.450 e. The molecule has 1 saturated carbocycles. The second kappa shape index (κ2) is 8.95. The number of hydrogen-bond donors (Lipinski definition) is 3. The first-order valence-corrected chi connectivity index (χ1v) is 15.8. The van der Waals surface area contributed by atoms with Gasteiger partial charge in [0.05, 0.1) is 29.9 Å². The molecule has 0 unspecified atom stereocenters. The number of aromatic nitrogens is 1. The molecule has 2 aliphatic heterocycles. The van der Waals surface area contributed by atoms with Crippen molar-refractivity contribution in [3.63, 3.8) is 0 Å². The molecule has 0 bridgehead atoms. The summed E-state index contributed by atoms with van der Waals surface area (Å²) >= 11 is 3.55. The van der Waals surface area contributed by atoms with Gasteiger partial charge in [0.25, 0.3) is 5.91 Å². The molecule has 0 radical (unpaired) electrons. The zero-order chi connectivity index (χ0) is 24.0. The van der Waals surface area contributed by atoms with E-state index in [0.29, 0.717) is 38.3 Å². The minimum atomic E-state index is -1.24. The summed E-state index contributed by atoms with van der Waals surface area (Å²) in [7, 11) is 0.475. The third-order valence-electron chi connectivity index (χ3n) is 6.67. The summed E-state index contributed by atoms with van der Waals surface area (Å²) in [6.45, 7) is 7.90. The molecule has 12 heteroatoms. The molecule has 4 rings (SSSR count). The number of urea groups is 1. The second-order valence-electron chi connectivity index (χ2n) is 10.1. The third kappa shape index (κ3) is 4.52. The lowest BCUT2D eigenvalue weighted by molar-refractivity contribution is -0.118. The Kier molecular flexibility index (Phi) is 6.53. The number of halogens is 1. The Morgan fingerprint density at radius 1 is 1.27 bits per heavy atom. The van der Waals surface area contributed by atoms with Crippen LogP contribution in [0.5, 0.6) is 0 Å². The van der Waals surface area contributed by atoms with E-state index in [0.717, 1.165) is 10.6 Å². The van der Waals surface area contributed by atoms with Crippen LogP contribution >= 0.6 is 15.9 Å². The normalized spacial score (nSPS) is 28.0. The van der Waals surface area contributed by atoms with Crippen molar-refractivity contribution < 1.29 is 23.9 Å². The fourth-order valence-corrected chi connectivity index (χ4v) is 6.17. The van der Waals surface area contributed by atoms with Gasteiger partial charge in [0.15, 0.2) is 5.72 Å². The molecule has 33 heavy (non-hydrogen) atoms. The van der Waals surface area contributed by atoms with E-state index in [4.69, 9.17) is 9.47 Å². The van der Waals surface area contributed by atoms with Gasteiger partial charge in [0, 0.05) is 28.1 Å². The molecule has 10 nitrogen and oxygen atoms in total. The lowest BCUT2D eigenvalue weighted by Gasteiger charge is -2.35. The minimum absolute atomic E-state index is 0.0606. The number of likely N-dealkylation sites (N-methyl/N-ethyl adjacent to an activating group) is 1. The maximum atomic E-state index is 12.6. The summed E-state index contributed by atoms with van der Waals surface area (Å²) in [6, 6.07) is 3.61. The molecule has 3 aliphatic rings. The molecule has 1 aromatic rings. The molecular weight excluding hydrogens is 510 g/mol. The van der Waals surface area contributed by atoms with Gasteiger partial charge >= 0.3 is 12.1 Å². The molecule has 0 spiro atoms. The summed E-state index contributed by atoms with van der Waals surface area (Å²) < 4.78 is 14.4. The maximum absolute atomic E-state index is 12.6. The number of carbonyl (C=O) groups is 3. The Morgan fingerprint density at radius 3 is 2.76 bits per heavy atom. The van der Waals surface area contributed by atoms with Gasteiger partial charge in [-0.05, 0) is 40.5 Å². The van der Waals surface area contributed by atoms with Gasteiger partial charge in [-0.1, -0.05) is 19.6 Å². The summed E-state index contributed by atoms with van der Waals surface area (Å²) in [6.07, 6.45) is 0.683. The Bertz CT molecular complexity index is 950. The first-order valence-electron chi connectivity index (χ1n) is 11.3. The number of ether oxygens (including phenoxy) is 2.